The van der Waals surface area contributed by atoms with Crippen molar-refractivity contribution in [3.8, 4) is 0 Å². The zero-order valence-electron chi connectivity index (χ0n) is 12.9. The first kappa shape index (κ1) is 15.5. The third-order valence-electron chi connectivity index (χ3n) is 4.29. The lowest BCUT2D eigenvalue weighted by molar-refractivity contribution is -0.121. The molecule has 6 heteroatoms. The number of hydrogen-bond donors (Lipinski definition) is 2. The molecule has 1 aromatic carbocycles. The standard InChI is InChI=1S/C17H20N2O4/c20-14(8-9-16(21)18-12-4-2-1-3-5-12)11-6-7-13-15(10-11)23-17(22)19-13/h6-7,10,12H,1-5,8-9H2,(H,18,21)(H,19,22). The minimum Gasteiger partial charge on any atom is -0.408 e. The van der Waals surface area contributed by atoms with E-state index >= 15 is 0 Å². The van der Waals surface area contributed by atoms with Gasteiger partial charge in [0.2, 0.25) is 5.91 Å². The van der Waals surface area contributed by atoms with Gasteiger partial charge in [-0.1, -0.05) is 19.3 Å². The maximum Gasteiger partial charge on any atom is 0.417 e. The molecule has 1 amide bonds. The Morgan fingerprint density at radius 3 is 2.74 bits per heavy atom. The van der Waals surface area contributed by atoms with Crippen molar-refractivity contribution in [2.45, 2.75) is 51.0 Å². The summed E-state index contributed by atoms with van der Waals surface area (Å²) in [4.78, 5) is 37.8. The second-order valence-electron chi connectivity index (χ2n) is 6.05. The number of fused-ring (bicyclic) bond motifs is 1. The molecule has 1 aliphatic carbocycles. The topological polar surface area (TPSA) is 92.2 Å². The van der Waals surface area contributed by atoms with Crippen molar-refractivity contribution in [2.24, 2.45) is 0 Å². The summed E-state index contributed by atoms with van der Waals surface area (Å²) in [5.41, 5.74) is 1.36. The van der Waals surface area contributed by atoms with Crippen LogP contribution in [-0.2, 0) is 4.79 Å². The summed E-state index contributed by atoms with van der Waals surface area (Å²) in [5, 5.41) is 3.00. The van der Waals surface area contributed by atoms with E-state index in [4.69, 9.17) is 4.42 Å². The number of carbonyl (C=O) groups excluding carboxylic acids is 2. The molecule has 122 valence electrons. The molecular formula is C17H20N2O4. The molecule has 1 fully saturated rings. The number of H-pyrrole nitrogens is 1. The number of oxazole rings is 1. The van der Waals surface area contributed by atoms with Gasteiger partial charge in [0.1, 0.15) is 0 Å². The van der Waals surface area contributed by atoms with Gasteiger partial charge in [-0.25, -0.2) is 4.79 Å². The summed E-state index contributed by atoms with van der Waals surface area (Å²) in [7, 11) is 0. The number of aromatic nitrogens is 1. The van der Waals surface area contributed by atoms with Crippen LogP contribution in [0.2, 0.25) is 0 Å². The van der Waals surface area contributed by atoms with Gasteiger partial charge in [-0.05, 0) is 31.0 Å². The third-order valence-corrected chi connectivity index (χ3v) is 4.29. The molecule has 6 nitrogen and oxygen atoms in total. The Kier molecular flexibility index (Phi) is 4.60. The Labute approximate surface area is 133 Å². The van der Waals surface area contributed by atoms with Crippen molar-refractivity contribution in [3.63, 3.8) is 0 Å². The van der Waals surface area contributed by atoms with Crippen LogP contribution in [0.1, 0.15) is 55.3 Å². The van der Waals surface area contributed by atoms with Gasteiger partial charge in [-0.2, -0.15) is 0 Å². The Hall–Kier alpha value is -2.37. The summed E-state index contributed by atoms with van der Waals surface area (Å²) >= 11 is 0. The smallest absolute Gasteiger partial charge is 0.408 e. The van der Waals surface area contributed by atoms with Gasteiger partial charge in [0.25, 0.3) is 0 Å². The molecule has 0 aliphatic heterocycles. The summed E-state index contributed by atoms with van der Waals surface area (Å²) < 4.78 is 4.94. The van der Waals surface area contributed by atoms with E-state index in [-0.39, 0.29) is 30.6 Å². The molecule has 0 radical (unpaired) electrons. The van der Waals surface area contributed by atoms with E-state index in [0.29, 0.717) is 16.7 Å². The lowest BCUT2D eigenvalue weighted by atomic mass is 9.95. The molecule has 0 spiro atoms. The SMILES string of the molecule is O=C(CCC(=O)c1ccc2[nH]c(=O)oc2c1)NC1CCCCC1. The minimum absolute atomic E-state index is 0.0699. The Morgan fingerprint density at radius 2 is 1.96 bits per heavy atom. The highest BCUT2D eigenvalue weighted by Crippen LogP contribution is 2.18. The van der Waals surface area contributed by atoms with Crippen molar-refractivity contribution in [1.82, 2.24) is 10.3 Å². The van der Waals surface area contributed by atoms with Crippen molar-refractivity contribution in [2.75, 3.05) is 0 Å². The fourth-order valence-electron chi connectivity index (χ4n) is 3.04. The van der Waals surface area contributed by atoms with Crippen molar-refractivity contribution in [3.05, 3.63) is 34.3 Å². The van der Waals surface area contributed by atoms with Crippen LogP contribution < -0.4 is 11.1 Å². The fourth-order valence-corrected chi connectivity index (χ4v) is 3.04. The van der Waals surface area contributed by atoms with Gasteiger partial charge in [0.05, 0.1) is 5.52 Å². The van der Waals surface area contributed by atoms with E-state index in [1.807, 2.05) is 0 Å². The van der Waals surface area contributed by atoms with Crippen molar-refractivity contribution in [1.29, 1.82) is 0 Å². The largest absolute Gasteiger partial charge is 0.417 e. The maximum atomic E-state index is 12.2. The highest BCUT2D eigenvalue weighted by molar-refractivity contribution is 6.00. The number of nitrogens with one attached hydrogen (secondary N) is 2. The van der Waals surface area contributed by atoms with E-state index in [9.17, 15) is 14.4 Å². The van der Waals surface area contributed by atoms with Crippen molar-refractivity contribution >= 4 is 22.8 Å². The molecular weight excluding hydrogens is 296 g/mol. The lowest BCUT2D eigenvalue weighted by Gasteiger charge is -2.22. The average Bonchev–Trinajstić information content (AvgIpc) is 2.92. The van der Waals surface area contributed by atoms with Gasteiger partial charge >= 0.3 is 5.76 Å². The summed E-state index contributed by atoms with van der Waals surface area (Å²) in [6.45, 7) is 0. The second kappa shape index (κ2) is 6.81. The number of amides is 1. The summed E-state index contributed by atoms with van der Waals surface area (Å²) in [6, 6.07) is 5.07. The van der Waals surface area contributed by atoms with Gasteiger partial charge in [-0.15, -0.1) is 0 Å². The van der Waals surface area contributed by atoms with Crippen LogP contribution in [0.4, 0.5) is 0 Å². The molecule has 0 saturated heterocycles. The number of hydrogen-bond acceptors (Lipinski definition) is 4. The number of carbonyl (C=O) groups is 2. The zero-order chi connectivity index (χ0) is 16.2. The summed E-state index contributed by atoms with van der Waals surface area (Å²) in [5.74, 6) is -0.745. The average molecular weight is 316 g/mol. The number of rotatable bonds is 5. The molecule has 0 atom stereocenters. The Bertz CT molecular complexity index is 768. The molecule has 23 heavy (non-hydrogen) atoms. The normalized spacial score (nSPS) is 15.7. The molecule has 0 bridgehead atoms. The maximum absolute atomic E-state index is 12.2. The van der Waals surface area contributed by atoms with Gasteiger partial charge in [0.15, 0.2) is 11.4 Å². The van der Waals surface area contributed by atoms with E-state index in [1.54, 1.807) is 12.1 Å². The first-order chi connectivity index (χ1) is 11.1. The highest BCUT2D eigenvalue weighted by Gasteiger charge is 2.17. The predicted octanol–water partition coefficient (Wildman–Crippen LogP) is 2.53. The first-order valence-corrected chi connectivity index (χ1v) is 8.07. The van der Waals surface area contributed by atoms with Gasteiger partial charge < -0.3 is 9.73 Å². The zero-order valence-corrected chi connectivity index (χ0v) is 12.9. The Balaban J connectivity index is 1.55. The van der Waals surface area contributed by atoms with Crippen LogP contribution in [0, 0.1) is 0 Å². The van der Waals surface area contributed by atoms with Crippen LogP contribution in [0.15, 0.2) is 27.4 Å². The molecule has 2 aromatic rings. The molecule has 1 heterocycles. The minimum atomic E-state index is -0.545. The molecule has 3 rings (SSSR count). The quantitative estimate of drug-likeness (QED) is 0.829. The van der Waals surface area contributed by atoms with Crippen LogP contribution in [0.3, 0.4) is 0 Å². The van der Waals surface area contributed by atoms with Gasteiger partial charge in [0, 0.05) is 24.4 Å². The Morgan fingerprint density at radius 1 is 1.17 bits per heavy atom. The molecule has 0 unspecified atom stereocenters. The molecule has 2 N–H and O–H groups in total. The fraction of sp³-hybridized carbons (Fsp3) is 0.471. The molecule has 1 saturated carbocycles. The third kappa shape index (κ3) is 3.88. The van der Waals surface area contributed by atoms with E-state index < -0.39 is 5.76 Å². The van der Waals surface area contributed by atoms with E-state index in [1.165, 1.54) is 12.5 Å². The molecule has 1 aromatic heterocycles. The number of ketones is 1. The number of benzene rings is 1. The number of aromatic amines is 1. The van der Waals surface area contributed by atoms with E-state index in [0.717, 1.165) is 25.7 Å². The van der Waals surface area contributed by atoms with E-state index in [2.05, 4.69) is 10.3 Å². The lowest BCUT2D eigenvalue weighted by Crippen LogP contribution is -2.36. The van der Waals surface area contributed by atoms with Crippen LogP contribution in [0.5, 0.6) is 0 Å². The molecule has 1 aliphatic rings. The highest BCUT2D eigenvalue weighted by atomic mass is 16.4. The van der Waals surface area contributed by atoms with Crippen LogP contribution >= 0.6 is 0 Å². The predicted molar refractivity (Wildman–Crippen MR) is 85.4 cm³/mol. The van der Waals surface area contributed by atoms with Crippen LogP contribution in [-0.4, -0.2) is 22.7 Å². The first-order valence-electron chi connectivity index (χ1n) is 8.07. The monoisotopic (exact) mass is 316 g/mol. The second-order valence-corrected chi connectivity index (χ2v) is 6.05. The van der Waals surface area contributed by atoms with Crippen molar-refractivity contribution < 1.29 is 14.0 Å². The summed E-state index contributed by atoms with van der Waals surface area (Å²) in [6.07, 6.45) is 5.95. The van der Waals surface area contributed by atoms with Crippen LogP contribution in [0.25, 0.3) is 11.1 Å². The van der Waals surface area contributed by atoms with Gasteiger partial charge in [-0.3, -0.25) is 14.6 Å². The number of Topliss-reactive ketones (excluding diaryl/α,β-unsaturated/α-hetero) is 1.